The van der Waals surface area contributed by atoms with E-state index in [1.165, 1.54) is 36.4 Å². The summed E-state index contributed by atoms with van der Waals surface area (Å²) in [4.78, 5) is 26.3. The van der Waals surface area contributed by atoms with Gasteiger partial charge in [0.05, 0.1) is 11.1 Å². The summed E-state index contributed by atoms with van der Waals surface area (Å²) in [5.41, 5.74) is -0.754. The largest absolute Gasteiger partial charge is 0.487 e. The van der Waals surface area contributed by atoms with Gasteiger partial charge in [0.2, 0.25) is 0 Å². The molecular formula is C31H29F4NO4. The highest BCUT2D eigenvalue weighted by Gasteiger charge is 2.56. The zero-order valence-electron chi connectivity index (χ0n) is 21.6. The smallest absolute Gasteiger partial charge is 0.416 e. The van der Waals surface area contributed by atoms with E-state index in [1.54, 1.807) is 6.07 Å². The second-order valence-corrected chi connectivity index (χ2v) is 11.8. The molecule has 3 aromatic rings. The average molecular weight is 556 g/mol. The summed E-state index contributed by atoms with van der Waals surface area (Å²) in [6.07, 6.45) is 1.26. The molecule has 3 aromatic carbocycles. The molecule has 1 amide bonds. The van der Waals surface area contributed by atoms with Crippen LogP contribution in [0.25, 0.3) is 10.8 Å². The van der Waals surface area contributed by atoms with Crippen LogP contribution in [-0.2, 0) is 17.6 Å². The number of carboxylic acids is 1. The van der Waals surface area contributed by atoms with Gasteiger partial charge in [0, 0.05) is 10.8 Å². The van der Waals surface area contributed by atoms with E-state index in [4.69, 9.17) is 4.74 Å². The van der Waals surface area contributed by atoms with Gasteiger partial charge in [-0.05, 0) is 104 Å². The second kappa shape index (κ2) is 9.78. The number of benzene rings is 3. The molecule has 210 valence electrons. The number of hydrogen-bond donors (Lipinski definition) is 2. The Kier molecular flexibility index (Phi) is 6.50. The number of carboxylic acid groups (broad SMARTS) is 1. The number of halogens is 4. The van der Waals surface area contributed by atoms with Gasteiger partial charge in [-0.25, -0.2) is 9.18 Å². The van der Waals surface area contributed by atoms with E-state index in [-0.39, 0.29) is 17.9 Å². The van der Waals surface area contributed by atoms with Crippen molar-refractivity contribution in [1.29, 1.82) is 0 Å². The summed E-state index contributed by atoms with van der Waals surface area (Å²) in [5.74, 6) is -0.576. The monoisotopic (exact) mass is 555 g/mol. The first kappa shape index (κ1) is 26.6. The Bertz CT molecular complexity index is 1430. The van der Waals surface area contributed by atoms with Gasteiger partial charge >= 0.3 is 12.1 Å². The number of carbonyl (C=O) groups is 2. The van der Waals surface area contributed by atoms with E-state index in [2.05, 4.69) is 5.32 Å². The van der Waals surface area contributed by atoms with Crippen LogP contribution in [0.4, 0.5) is 17.6 Å². The Labute approximate surface area is 228 Å². The number of ether oxygens (including phenoxy) is 1. The van der Waals surface area contributed by atoms with Gasteiger partial charge in [-0.3, -0.25) is 4.79 Å². The van der Waals surface area contributed by atoms with Gasteiger partial charge in [0.25, 0.3) is 5.91 Å². The fraction of sp³-hybridized carbons (Fsp3) is 0.419. The van der Waals surface area contributed by atoms with Crippen LogP contribution in [0.5, 0.6) is 5.75 Å². The van der Waals surface area contributed by atoms with E-state index in [9.17, 15) is 32.3 Å². The lowest BCUT2D eigenvalue weighted by Crippen LogP contribution is -2.59. The Morgan fingerprint density at radius 1 is 0.950 bits per heavy atom. The van der Waals surface area contributed by atoms with Crippen LogP contribution in [-0.4, -0.2) is 23.0 Å². The van der Waals surface area contributed by atoms with E-state index < -0.39 is 40.9 Å². The molecule has 4 saturated carbocycles. The highest BCUT2D eigenvalue weighted by atomic mass is 19.4. The third-order valence-corrected chi connectivity index (χ3v) is 9.06. The van der Waals surface area contributed by atoms with Gasteiger partial charge < -0.3 is 15.2 Å². The molecule has 4 bridgehead atoms. The number of aliphatic carboxylic acids is 1. The van der Waals surface area contributed by atoms with Gasteiger partial charge in [-0.2, -0.15) is 13.2 Å². The summed E-state index contributed by atoms with van der Waals surface area (Å²) >= 11 is 0. The Hall–Kier alpha value is -3.62. The van der Waals surface area contributed by atoms with E-state index in [0.29, 0.717) is 34.1 Å². The molecular weight excluding hydrogens is 526 g/mol. The maximum atomic E-state index is 14.0. The Morgan fingerprint density at radius 3 is 2.15 bits per heavy atom. The minimum atomic E-state index is -4.47. The predicted octanol–water partition coefficient (Wildman–Crippen LogP) is 6.98. The Morgan fingerprint density at radius 2 is 1.57 bits per heavy atom. The lowest BCUT2D eigenvalue weighted by molar-refractivity contribution is -0.150. The topological polar surface area (TPSA) is 75.6 Å². The SMILES string of the molecule is O=C(NC(C(=O)O)C12CC3CC(CC(C3)C1)C2)c1ccc2cc(F)ccc2c1OCc1ccc(C(F)(F)F)cc1. The molecule has 0 heterocycles. The van der Waals surface area contributed by atoms with Gasteiger partial charge in [-0.1, -0.05) is 18.2 Å². The van der Waals surface area contributed by atoms with Crippen molar-refractivity contribution in [2.24, 2.45) is 23.2 Å². The first-order valence-corrected chi connectivity index (χ1v) is 13.6. The molecule has 0 spiro atoms. The number of carbonyl (C=O) groups excluding carboxylic acids is 1. The number of rotatable bonds is 7. The average Bonchev–Trinajstić information content (AvgIpc) is 2.88. The number of alkyl halides is 3. The minimum absolute atomic E-state index is 0.0852. The molecule has 7 rings (SSSR count). The van der Waals surface area contributed by atoms with Gasteiger partial charge in [-0.15, -0.1) is 0 Å². The van der Waals surface area contributed by atoms with Crippen LogP contribution in [0.2, 0.25) is 0 Å². The van der Waals surface area contributed by atoms with Crippen molar-refractivity contribution in [2.75, 3.05) is 0 Å². The fourth-order valence-corrected chi connectivity index (χ4v) is 7.77. The normalized spacial score (nSPS) is 26.1. The summed E-state index contributed by atoms with van der Waals surface area (Å²) < 4.78 is 58.9. The van der Waals surface area contributed by atoms with Crippen molar-refractivity contribution in [3.63, 3.8) is 0 Å². The van der Waals surface area contributed by atoms with Gasteiger partial charge in [0.1, 0.15) is 24.2 Å². The van der Waals surface area contributed by atoms with Crippen molar-refractivity contribution in [3.8, 4) is 5.75 Å². The summed E-state index contributed by atoms with van der Waals surface area (Å²) in [5, 5.41) is 14.0. The van der Waals surface area contributed by atoms with Crippen molar-refractivity contribution in [2.45, 2.75) is 57.3 Å². The molecule has 0 aromatic heterocycles. The van der Waals surface area contributed by atoms with Crippen molar-refractivity contribution < 1.29 is 37.0 Å². The number of nitrogens with one attached hydrogen (secondary N) is 1. The maximum absolute atomic E-state index is 14.0. The predicted molar refractivity (Wildman–Crippen MR) is 139 cm³/mol. The van der Waals surface area contributed by atoms with Gasteiger partial charge in [0.15, 0.2) is 0 Å². The quantitative estimate of drug-likeness (QED) is 0.309. The molecule has 40 heavy (non-hydrogen) atoms. The van der Waals surface area contributed by atoms with Crippen molar-refractivity contribution in [1.82, 2.24) is 5.32 Å². The molecule has 4 aliphatic carbocycles. The lowest BCUT2D eigenvalue weighted by Gasteiger charge is -2.58. The van der Waals surface area contributed by atoms with Crippen molar-refractivity contribution in [3.05, 3.63) is 77.1 Å². The molecule has 5 nitrogen and oxygen atoms in total. The summed E-state index contributed by atoms with van der Waals surface area (Å²) in [6.45, 7) is -0.147. The summed E-state index contributed by atoms with van der Waals surface area (Å²) in [7, 11) is 0. The zero-order chi connectivity index (χ0) is 28.2. The lowest BCUT2D eigenvalue weighted by atomic mass is 9.47. The standard InChI is InChI=1S/C31H29F4NO4/c32-23-6-8-24-21(12-23)3-7-25(26(24)40-16-17-1-4-22(5-2-17)31(33,34)35)28(37)36-27(29(38)39)30-13-18-9-19(14-30)11-20(10-18)15-30/h1-8,12,18-20,27H,9-11,13-16H2,(H,36,37)(H,38,39). The van der Waals surface area contributed by atoms with Crippen LogP contribution in [0, 0.1) is 29.0 Å². The molecule has 9 heteroatoms. The molecule has 4 fully saturated rings. The molecule has 0 radical (unpaired) electrons. The maximum Gasteiger partial charge on any atom is 0.416 e. The highest BCUT2D eigenvalue weighted by Crippen LogP contribution is 2.61. The molecule has 1 unspecified atom stereocenters. The second-order valence-electron chi connectivity index (χ2n) is 11.8. The third-order valence-electron chi connectivity index (χ3n) is 9.06. The highest BCUT2D eigenvalue weighted by molar-refractivity contribution is 6.05. The van der Waals surface area contributed by atoms with Crippen LogP contribution in [0.3, 0.4) is 0 Å². The van der Waals surface area contributed by atoms with Crippen LogP contribution >= 0.6 is 0 Å². The molecule has 1 atom stereocenters. The van der Waals surface area contributed by atoms with E-state index >= 15 is 0 Å². The number of amides is 1. The summed E-state index contributed by atoms with van der Waals surface area (Å²) in [6, 6.07) is 10.5. The fourth-order valence-electron chi connectivity index (χ4n) is 7.77. The number of fused-ring (bicyclic) bond motifs is 1. The van der Waals surface area contributed by atoms with Crippen molar-refractivity contribution >= 4 is 22.6 Å². The Balaban J connectivity index is 1.30. The minimum Gasteiger partial charge on any atom is -0.487 e. The molecule has 4 aliphatic rings. The molecule has 0 aliphatic heterocycles. The molecule has 2 N–H and O–H groups in total. The van der Waals surface area contributed by atoms with Crippen LogP contribution in [0.1, 0.15) is 60.0 Å². The first-order valence-electron chi connectivity index (χ1n) is 13.6. The third kappa shape index (κ3) is 4.90. The first-order chi connectivity index (χ1) is 19.0. The van der Waals surface area contributed by atoms with Crippen LogP contribution < -0.4 is 10.1 Å². The van der Waals surface area contributed by atoms with E-state index in [0.717, 1.165) is 50.7 Å². The molecule has 0 saturated heterocycles. The van der Waals surface area contributed by atoms with E-state index in [1.807, 2.05) is 0 Å². The number of hydrogen-bond acceptors (Lipinski definition) is 3. The zero-order valence-corrected chi connectivity index (χ0v) is 21.6. The van der Waals surface area contributed by atoms with Crippen LogP contribution in [0.15, 0.2) is 54.6 Å².